The molecule has 3 unspecified atom stereocenters. The third-order valence-electron chi connectivity index (χ3n) is 3.49. The number of aliphatic hydroxyl groups excluding tert-OH is 1. The molecule has 1 aromatic rings. The van der Waals surface area contributed by atoms with Gasteiger partial charge >= 0.3 is 0 Å². The van der Waals surface area contributed by atoms with Crippen molar-refractivity contribution in [3.63, 3.8) is 0 Å². The second kappa shape index (κ2) is 6.72. The minimum Gasteiger partial charge on any atom is -0.488 e. The molecule has 1 amide bonds. The summed E-state index contributed by atoms with van der Waals surface area (Å²) in [7, 11) is 0. The zero-order chi connectivity index (χ0) is 14.5. The number of carbonyl (C=O) groups excluding carboxylic acids is 1. The summed E-state index contributed by atoms with van der Waals surface area (Å²) in [6.07, 6.45) is 3.31. The van der Waals surface area contributed by atoms with Crippen LogP contribution in [0.3, 0.4) is 0 Å². The number of ether oxygens (including phenoxy) is 1. The number of benzene rings is 1. The summed E-state index contributed by atoms with van der Waals surface area (Å²) in [5.74, 6) is 0.483. The summed E-state index contributed by atoms with van der Waals surface area (Å²) in [6.45, 7) is 1.64. The summed E-state index contributed by atoms with van der Waals surface area (Å²) < 4.78 is 5.79. The molecule has 20 heavy (non-hydrogen) atoms. The van der Waals surface area contributed by atoms with Crippen molar-refractivity contribution in [2.45, 2.75) is 50.9 Å². The van der Waals surface area contributed by atoms with Crippen LogP contribution in [-0.4, -0.2) is 29.3 Å². The number of hydrogen-bond donors (Lipinski definition) is 3. The van der Waals surface area contributed by atoms with E-state index in [1.165, 1.54) is 0 Å². The van der Waals surface area contributed by atoms with E-state index in [2.05, 4.69) is 5.32 Å². The summed E-state index contributed by atoms with van der Waals surface area (Å²) in [5.41, 5.74) is 6.17. The molecule has 5 heteroatoms. The Morgan fingerprint density at radius 1 is 1.35 bits per heavy atom. The van der Waals surface area contributed by atoms with Gasteiger partial charge in [0.2, 0.25) is 5.91 Å². The van der Waals surface area contributed by atoms with Crippen molar-refractivity contribution in [3.8, 4) is 5.75 Å². The van der Waals surface area contributed by atoms with Crippen LogP contribution in [0.25, 0.3) is 0 Å². The lowest BCUT2D eigenvalue weighted by molar-refractivity contribution is -0.117. The molecular weight excluding hydrogens is 256 g/mol. The Morgan fingerprint density at radius 3 is 2.60 bits per heavy atom. The Hall–Kier alpha value is -1.59. The van der Waals surface area contributed by atoms with Crippen molar-refractivity contribution in [2.24, 2.45) is 5.73 Å². The van der Waals surface area contributed by atoms with Crippen molar-refractivity contribution in [1.29, 1.82) is 0 Å². The van der Waals surface area contributed by atoms with E-state index in [1.807, 2.05) is 0 Å². The minimum atomic E-state index is -0.539. The van der Waals surface area contributed by atoms with Gasteiger partial charge in [0.1, 0.15) is 11.9 Å². The van der Waals surface area contributed by atoms with E-state index < -0.39 is 6.04 Å². The fraction of sp³-hybridized carbons (Fsp3) is 0.533. The Bertz CT molecular complexity index is 445. The molecule has 1 aliphatic carbocycles. The van der Waals surface area contributed by atoms with E-state index in [-0.39, 0.29) is 18.1 Å². The van der Waals surface area contributed by atoms with E-state index in [0.29, 0.717) is 11.4 Å². The first kappa shape index (κ1) is 14.8. The highest BCUT2D eigenvalue weighted by atomic mass is 16.5. The van der Waals surface area contributed by atoms with Gasteiger partial charge in [0.15, 0.2) is 0 Å². The van der Waals surface area contributed by atoms with E-state index in [4.69, 9.17) is 10.5 Å². The minimum absolute atomic E-state index is 0.131. The largest absolute Gasteiger partial charge is 0.488 e. The summed E-state index contributed by atoms with van der Waals surface area (Å²) in [4.78, 5) is 11.5. The maximum atomic E-state index is 11.5. The molecule has 0 bridgehead atoms. The number of nitrogens with one attached hydrogen (secondary N) is 1. The highest BCUT2D eigenvalue weighted by Gasteiger charge is 2.24. The van der Waals surface area contributed by atoms with E-state index in [9.17, 15) is 9.90 Å². The fourth-order valence-electron chi connectivity index (χ4n) is 2.26. The molecule has 1 fully saturated rings. The van der Waals surface area contributed by atoms with Crippen molar-refractivity contribution >= 4 is 11.6 Å². The summed E-state index contributed by atoms with van der Waals surface area (Å²) in [6, 6.07) is 6.58. The van der Waals surface area contributed by atoms with Crippen LogP contribution in [0, 0.1) is 0 Å². The van der Waals surface area contributed by atoms with Crippen LogP contribution < -0.4 is 15.8 Å². The van der Waals surface area contributed by atoms with Gasteiger partial charge < -0.3 is 20.9 Å². The number of amides is 1. The second-order valence-corrected chi connectivity index (χ2v) is 5.31. The van der Waals surface area contributed by atoms with Gasteiger partial charge in [-0.25, -0.2) is 0 Å². The smallest absolute Gasteiger partial charge is 0.240 e. The molecule has 110 valence electrons. The van der Waals surface area contributed by atoms with Crippen LogP contribution in [0.5, 0.6) is 5.75 Å². The van der Waals surface area contributed by atoms with E-state index in [0.717, 1.165) is 25.7 Å². The number of anilines is 1. The number of carbonyl (C=O) groups is 1. The lowest BCUT2D eigenvalue weighted by atomic mass is 9.95. The standard InChI is InChI=1S/C15H22N2O3/c1-10(16)15(19)17-11-6-8-12(9-7-11)20-14-5-3-2-4-13(14)18/h6-10,13-14,18H,2-5,16H2,1H3,(H,17,19). The van der Waals surface area contributed by atoms with Crippen molar-refractivity contribution in [2.75, 3.05) is 5.32 Å². The van der Waals surface area contributed by atoms with Gasteiger partial charge in [0.25, 0.3) is 0 Å². The average Bonchev–Trinajstić information content (AvgIpc) is 2.43. The molecule has 1 aliphatic rings. The lowest BCUT2D eigenvalue weighted by Crippen LogP contribution is -2.34. The van der Waals surface area contributed by atoms with Crippen LogP contribution in [0.1, 0.15) is 32.6 Å². The van der Waals surface area contributed by atoms with Gasteiger partial charge in [-0.15, -0.1) is 0 Å². The molecule has 3 atom stereocenters. The lowest BCUT2D eigenvalue weighted by Gasteiger charge is -2.28. The molecule has 5 nitrogen and oxygen atoms in total. The SMILES string of the molecule is CC(N)C(=O)Nc1ccc(OC2CCCCC2O)cc1. The zero-order valence-corrected chi connectivity index (χ0v) is 11.7. The highest BCUT2D eigenvalue weighted by Crippen LogP contribution is 2.24. The van der Waals surface area contributed by atoms with Gasteiger partial charge in [-0.3, -0.25) is 4.79 Å². The number of hydrogen-bond acceptors (Lipinski definition) is 4. The first-order valence-corrected chi connectivity index (χ1v) is 7.07. The monoisotopic (exact) mass is 278 g/mol. The maximum Gasteiger partial charge on any atom is 0.240 e. The molecule has 0 aromatic heterocycles. The van der Waals surface area contributed by atoms with Crippen molar-refractivity contribution in [1.82, 2.24) is 0 Å². The summed E-state index contributed by atoms with van der Waals surface area (Å²) >= 11 is 0. The number of aliphatic hydroxyl groups is 1. The van der Waals surface area contributed by atoms with Gasteiger partial charge in [0.05, 0.1) is 12.1 Å². The first-order valence-electron chi connectivity index (χ1n) is 7.07. The quantitative estimate of drug-likeness (QED) is 0.782. The molecule has 1 saturated carbocycles. The van der Waals surface area contributed by atoms with Gasteiger partial charge in [-0.1, -0.05) is 6.42 Å². The van der Waals surface area contributed by atoms with Crippen LogP contribution in [-0.2, 0) is 4.79 Å². The molecular formula is C15H22N2O3. The predicted octanol–water partition coefficient (Wildman–Crippen LogP) is 1.65. The van der Waals surface area contributed by atoms with Crippen molar-refractivity contribution < 1.29 is 14.6 Å². The Labute approximate surface area is 119 Å². The van der Waals surface area contributed by atoms with Crippen LogP contribution >= 0.6 is 0 Å². The van der Waals surface area contributed by atoms with Crippen LogP contribution in [0.15, 0.2) is 24.3 Å². The first-order chi connectivity index (χ1) is 9.56. The fourth-order valence-corrected chi connectivity index (χ4v) is 2.26. The van der Waals surface area contributed by atoms with Gasteiger partial charge in [-0.05, 0) is 50.5 Å². The van der Waals surface area contributed by atoms with E-state index in [1.54, 1.807) is 31.2 Å². The molecule has 1 aromatic carbocycles. The molecule has 0 aliphatic heterocycles. The number of nitrogens with two attached hydrogens (primary N) is 1. The highest BCUT2D eigenvalue weighted by molar-refractivity contribution is 5.94. The predicted molar refractivity (Wildman–Crippen MR) is 77.6 cm³/mol. The molecule has 0 radical (unpaired) electrons. The van der Waals surface area contributed by atoms with E-state index >= 15 is 0 Å². The Kier molecular flexibility index (Phi) is 4.98. The maximum absolute atomic E-state index is 11.5. The molecule has 0 spiro atoms. The normalized spacial score (nSPS) is 23.9. The Morgan fingerprint density at radius 2 is 2.00 bits per heavy atom. The zero-order valence-electron chi connectivity index (χ0n) is 11.7. The molecule has 0 heterocycles. The van der Waals surface area contributed by atoms with Gasteiger partial charge in [0, 0.05) is 5.69 Å². The Balaban J connectivity index is 1.92. The average molecular weight is 278 g/mol. The number of rotatable bonds is 4. The third-order valence-corrected chi connectivity index (χ3v) is 3.49. The van der Waals surface area contributed by atoms with Crippen LogP contribution in [0.2, 0.25) is 0 Å². The summed E-state index contributed by atoms with van der Waals surface area (Å²) in [5, 5.41) is 12.6. The molecule has 4 N–H and O–H groups in total. The molecule has 2 rings (SSSR count). The van der Waals surface area contributed by atoms with Gasteiger partial charge in [-0.2, -0.15) is 0 Å². The van der Waals surface area contributed by atoms with Crippen LogP contribution in [0.4, 0.5) is 5.69 Å². The topological polar surface area (TPSA) is 84.6 Å². The van der Waals surface area contributed by atoms with Crippen molar-refractivity contribution in [3.05, 3.63) is 24.3 Å². The second-order valence-electron chi connectivity index (χ2n) is 5.31. The third kappa shape index (κ3) is 3.95. The molecule has 0 saturated heterocycles.